The first-order valence-electron chi connectivity index (χ1n) is 6.44. The van der Waals surface area contributed by atoms with Gasteiger partial charge in [-0.15, -0.1) is 11.3 Å². The normalized spacial score (nSPS) is 11.7. The van der Waals surface area contributed by atoms with Gasteiger partial charge < -0.3 is 5.73 Å². The molecule has 1 aromatic heterocycles. The van der Waals surface area contributed by atoms with Gasteiger partial charge in [-0.2, -0.15) is 0 Å². The highest BCUT2D eigenvalue weighted by molar-refractivity contribution is 7.91. The number of hydrogen-bond donors (Lipinski definition) is 2. The summed E-state index contributed by atoms with van der Waals surface area (Å²) in [5.74, 6) is 0. The average molecular weight is 310 g/mol. The molecule has 0 saturated carbocycles. The average Bonchev–Trinajstić information content (AvgIpc) is 2.95. The van der Waals surface area contributed by atoms with Gasteiger partial charge in [0.2, 0.25) is 10.0 Å². The Balaban J connectivity index is 1.84. The number of aryl methyl sites for hydroxylation is 1. The zero-order valence-electron chi connectivity index (χ0n) is 11.1. The summed E-state index contributed by atoms with van der Waals surface area (Å²) in [5, 5.41) is 0. The van der Waals surface area contributed by atoms with Crippen LogP contribution in [0.5, 0.6) is 0 Å². The highest BCUT2D eigenvalue weighted by Crippen LogP contribution is 2.20. The fourth-order valence-electron chi connectivity index (χ4n) is 1.83. The van der Waals surface area contributed by atoms with E-state index in [1.165, 1.54) is 16.9 Å². The molecule has 0 spiro atoms. The van der Waals surface area contributed by atoms with Crippen molar-refractivity contribution >= 4 is 21.4 Å². The van der Waals surface area contributed by atoms with Gasteiger partial charge in [-0.1, -0.05) is 30.3 Å². The summed E-state index contributed by atoms with van der Waals surface area (Å²) in [6, 6.07) is 13.4. The van der Waals surface area contributed by atoms with Gasteiger partial charge in [0, 0.05) is 18.0 Å². The van der Waals surface area contributed by atoms with Crippen LogP contribution in [0.4, 0.5) is 0 Å². The van der Waals surface area contributed by atoms with Gasteiger partial charge in [0.05, 0.1) is 0 Å². The van der Waals surface area contributed by atoms with Crippen molar-refractivity contribution in [1.29, 1.82) is 0 Å². The van der Waals surface area contributed by atoms with Crippen molar-refractivity contribution in [3.8, 4) is 0 Å². The number of thiophene rings is 1. The van der Waals surface area contributed by atoms with E-state index in [9.17, 15) is 8.42 Å². The Hall–Kier alpha value is -1.21. The number of nitrogens with one attached hydrogen (secondary N) is 1. The number of benzene rings is 1. The van der Waals surface area contributed by atoms with Crippen LogP contribution in [0.15, 0.2) is 46.7 Å². The van der Waals surface area contributed by atoms with Crippen molar-refractivity contribution in [2.24, 2.45) is 5.73 Å². The van der Waals surface area contributed by atoms with E-state index in [1.54, 1.807) is 12.1 Å². The number of hydrogen-bond acceptors (Lipinski definition) is 4. The lowest BCUT2D eigenvalue weighted by molar-refractivity contribution is 0.581. The van der Waals surface area contributed by atoms with E-state index in [4.69, 9.17) is 5.73 Å². The molecule has 0 aliphatic heterocycles. The van der Waals surface area contributed by atoms with E-state index in [-0.39, 0.29) is 0 Å². The fraction of sp³-hybridized carbons (Fsp3) is 0.286. The van der Waals surface area contributed by atoms with Crippen molar-refractivity contribution in [2.45, 2.75) is 23.6 Å². The largest absolute Gasteiger partial charge is 0.326 e. The summed E-state index contributed by atoms with van der Waals surface area (Å²) in [4.78, 5) is 0.870. The lowest BCUT2D eigenvalue weighted by atomic mass is 10.1. The molecule has 4 nitrogen and oxygen atoms in total. The van der Waals surface area contributed by atoms with Crippen molar-refractivity contribution in [2.75, 3.05) is 6.54 Å². The van der Waals surface area contributed by atoms with Crippen LogP contribution in [0, 0.1) is 0 Å². The first kappa shape index (κ1) is 15.2. The van der Waals surface area contributed by atoms with Crippen LogP contribution < -0.4 is 10.5 Å². The number of sulfonamides is 1. The van der Waals surface area contributed by atoms with Gasteiger partial charge in [0.1, 0.15) is 4.21 Å². The Morgan fingerprint density at radius 2 is 1.85 bits per heavy atom. The predicted molar refractivity (Wildman–Crippen MR) is 82.2 cm³/mol. The molecule has 0 bridgehead atoms. The van der Waals surface area contributed by atoms with Crippen molar-refractivity contribution < 1.29 is 8.42 Å². The minimum absolute atomic E-state index is 0.331. The molecule has 2 rings (SSSR count). The zero-order valence-corrected chi connectivity index (χ0v) is 12.7. The lowest BCUT2D eigenvalue weighted by Crippen LogP contribution is -2.24. The van der Waals surface area contributed by atoms with Crippen LogP contribution in [0.2, 0.25) is 0 Å². The van der Waals surface area contributed by atoms with Crippen LogP contribution >= 0.6 is 11.3 Å². The maximum absolute atomic E-state index is 12.0. The molecule has 2 aromatic rings. The monoisotopic (exact) mass is 310 g/mol. The second-order valence-electron chi connectivity index (χ2n) is 4.41. The summed E-state index contributed by atoms with van der Waals surface area (Å²) in [6.45, 7) is 0.807. The van der Waals surface area contributed by atoms with E-state index in [0.29, 0.717) is 17.3 Å². The van der Waals surface area contributed by atoms with Crippen LogP contribution in [0.3, 0.4) is 0 Å². The molecule has 3 N–H and O–H groups in total. The van der Waals surface area contributed by atoms with E-state index in [2.05, 4.69) is 4.72 Å². The minimum atomic E-state index is -3.39. The molecule has 0 radical (unpaired) electrons. The van der Waals surface area contributed by atoms with Crippen LogP contribution in [-0.4, -0.2) is 15.0 Å². The first-order valence-corrected chi connectivity index (χ1v) is 8.74. The first-order chi connectivity index (χ1) is 9.62. The van der Waals surface area contributed by atoms with Gasteiger partial charge >= 0.3 is 0 Å². The van der Waals surface area contributed by atoms with E-state index in [0.717, 1.165) is 17.7 Å². The molecule has 0 atom stereocenters. The van der Waals surface area contributed by atoms with Crippen molar-refractivity contribution in [3.05, 3.63) is 52.9 Å². The summed E-state index contributed by atoms with van der Waals surface area (Å²) < 4.78 is 27.0. The maximum atomic E-state index is 12.0. The van der Waals surface area contributed by atoms with Crippen LogP contribution in [0.1, 0.15) is 16.9 Å². The molecule has 0 fully saturated rings. The van der Waals surface area contributed by atoms with Gasteiger partial charge in [-0.25, -0.2) is 13.1 Å². The summed E-state index contributed by atoms with van der Waals surface area (Å²) in [6.07, 6.45) is 1.64. The summed E-state index contributed by atoms with van der Waals surface area (Å²) in [7, 11) is -3.39. The molecule has 0 saturated heterocycles. The zero-order chi connectivity index (χ0) is 14.4. The quantitative estimate of drug-likeness (QED) is 0.769. The second-order valence-corrected chi connectivity index (χ2v) is 7.57. The topological polar surface area (TPSA) is 72.2 Å². The van der Waals surface area contributed by atoms with Crippen LogP contribution in [-0.2, 0) is 23.0 Å². The molecular weight excluding hydrogens is 292 g/mol. The van der Waals surface area contributed by atoms with E-state index < -0.39 is 10.0 Å². The molecular formula is C14H18N2O2S2. The summed E-state index contributed by atoms with van der Waals surface area (Å²) in [5.41, 5.74) is 6.70. The Morgan fingerprint density at radius 1 is 1.10 bits per heavy atom. The van der Waals surface area contributed by atoms with Gasteiger partial charge in [0.25, 0.3) is 0 Å². The Bertz CT molecular complexity index is 636. The highest BCUT2D eigenvalue weighted by Gasteiger charge is 2.15. The number of nitrogens with two attached hydrogens (primary N) is 1. The van der Waals surface area contributed by atoms with Gasteiger partial charge in [0.15, 0.2) is 0 Å². The SMILES string of the molecule is NCc1ccc(S(=O)(=O)NCCCc2ccccc2)s1. The molecule has 0 unspecified atom stereocenters. The van der Waals surface area contributed by atoms with Crippen molar-refractivity contribution in [3.63, 3.8) is 0 Å². The molecule has 1 heterocycles. The van der Waals surface area contributed by atoms with Gasteiger partial charge in [-0.05, 0) is 30.5 Å². The highest BCUT2D eigenvalue weighted by atomic mass is 32.2. The van der Waals surface area contributed by atoms with Crippen LogP contribution in [0.25, 0.3) is 0 Å². The fourth-order valence-corrected chi connectivity index (χ4v) is 4.18. The van der Waals surface area contributed by atoms with Crippen molar-refractivity contribution in [1.82, 2.24) is 4.72 Å². The molecule has 20 heavy (non-hydrogen) atoms. The van der Waals surface area contributed by atoms with Gasteiger partial charge in [-0.3, -0.25) is 0 Å². The molecule has 0 amide bonds. The third-order valence-corrected chi connectivity index (χ3v) is 5.94. The third kappa shape index (κ3) is 4.14. The smallest absolute Gasteiger partial charge is 0.250 e. The molecule has 0 aliphatic rings. The minimum Gasteiger partial charge on any atom is -0.326 e. The Kier molecular flexibility index (Phi) is 5.31. The number of rotatable bonds is 7. The standard InChI is InChI=1S/C14H18N2O2S2/c15-11-13-8-9-14(19-13)20(17,18)16-10-4-7-12-5-2-1-3-6-12/h1-3,5-6,8-9,16H,4,7,10-11,15H2. The van der Waals surface area contributed by atoms with E-state index in [1.807, 2.05) is 30.3 Å². The predicted octanol–water partition coefficient (Wildman–Crippen LogP) is 2.12. The molecule has 6 heteroatoms. The molecule has 108 valence electrons. The molecule has 0 aliphatic carbocycles. The van der Waals surface area contributed by atoms with E-state index >= 15 is 0 Å². The summed E-state index contributed by atoms with van der Waals surface area (Å²) >= 11 is 1.22. The Morgan fingerprint density at radius 3 is 2.50 bits per heavy atom. The maximum Gasteiger partial charge on any atom is 0.250 e. The molecule has 1 aromatic carbocycles. The lowest BCUT2D eigenvalue weighted by Gasteiger charge is -2.05. The second kappa shape index (κ2) is 6.99. The third-order valence-electron chi connectivity index (χ3n) is 2.88. The Labute approximate surface area is 123 Å².